The van der Waals surface area contributed by atoms with Crippen LogP contribution in [0.1, 0.15) is 36.5 Å². The maximum atomic E-state index is 12.5. The van der Waals surface area contributed by atoms with E-state index >= 15 is 0 Å². The van der Waals surface area contributed by atoms with E-state index in [2.05, 4.69) is 20.7 Å². The number of nitrogens with one attached hydrogen (secondary N) is 1. The molecule has 2 rings (SSSR count). The predicted molar refractivity (Wildman–Crippen MR) is 83.7 cm³/mol. The fourth-order valence-corrected chi connectivity index (χ4v) is 4.56. The first kappa shape index (κ1) is 16.3. The second-order valence-electron chi connectivity index (χ2n) is 5.03. The molecule has 1 heterocycles. The van der Waals surface area contributed by atoms with E-state index in [0.717, 1.165) is 19.3 Å². The third-order valence-electron chi connectivity index (χ3n) is 3.53. The van der Waals surface area contributed by atoms with Crippen molar-refractivity contribution in [3.63, 3.8) is 0 Å². The van der Waals surface area contributed by atoms with Gasteiger partial charge in [0, 0.05) is 17.1 Å². The largest absolute Gasteiger partial charge is 0.478 e. The molecule has 0 aromatic heterocycles. The lowest BCUT2D eigenvalue weighted by atomic mass is 10.1. The fraction of sp³-hybridized carbons (Fsp3) is 0.462. The molecule has 1 atom stereocenters. The molecule has 0 amide bonds. The Kier molecular flexibility index (Phi) is 4.90. The van der Waals surface area contributed by atoms with E-state index in [9.17, 15) is 18.3 Å². The number of piperidine rings is 1. The molecule has 1 aliphatic heterocycles. The number of benzene rings is 1. The van der Waals surface area contributed by atoms with E-state index in [1.807, 2.05) is 6.92 Å². The van der Waals surface area contributed by atoms with Gasteiger partial charge in [0.2, 0.25) is 0 Å². The van der Waals surface area contributed by atoms with Crippen LogP contribution in [0.3, 0.4) is 0 Å². The molecule has 1 fully saturated rings. The summed E-state index contributed by atoms with van der Waals surface area (Å²) in [5, 5.41) is 9.18. The summed E-state index contributed by atoms with van der Waals surface area (Å²) in [6.07, 6.45) is 2.62. The van der Waals surface area contributed by atoms with Gasteiger partial charge in [0.1, 0.15) is 0 Å². The van der Waals surface area contributed by atoms with E-state index in [0.29, 0.717) is 11.0 Å². The molecule has 0 saturated carbocycles. The average Bonchev–Trinajstić information content (AvgIpc) is 2.41. The van der Waals surface area contributed by atoms with Crippen molar-refractivity contribution in [1.29, 1.82) is 0 Å². The van der Waals surface area contributed by atoms with Crippen molar-refractivity contribution in [2.75, 3.05) is 11.3 Å². The van der Waals surface area contributed by atoms with Gasteiger partial charge in [0.15, 0.2) is 0 Å². The molecular weight excluding hydrogens is 360 g/mol. The van der Waals surface area contributed by atoms with E-state index in [4.69, 9.17) is 0 Å². The zero-order chi connectivity index (χ0) is 15.6. The molecule has 1 aromatic carbocycles. The molecule has 21 heavy (non-hydrogen) atoms. The second-order valence-corrected chi connectivity index (χ2v) is 7.51. The maximum absolute atomic E-state index is 12.5. The van der Waals surface area contributed by atoms with Gasteiger partial charge in [-0.05, 0) is 47.8 Å². The zero-order valence-corrected chi connectivity index (χ0v) is 13.9. The molecule has 2 N–H and O–H groups in total. The minimum atomic E-state index is -3.77. The van der Waals surface area contributed by atoms with Gasteiger partial charge in [-0.3, -0.25) is 4.72 Å². The Morgan fingerprint density at radius 2 is 2.14 bits per heavy atom. The summed E-state index contributed by atoms with van der Waals surface area (Å²) in [6.45, 7) is 2.31. The molecule has 0 radical (unpaired) electrons. The minimum absolute atomic E-state index is 0.0581. The van der Waals surface area contributed by atoms with Gasteiger partial charge < -0.3 is 5.11 Å². The average molecular weight is 377 g/mol. The number of halogens is 1. The highest BCUT2D eigenvalue weighted by atomic mass is 79.9. The number of rotatable bonds is 4. The molecule has 0 bridgehead atoms. The number of carboxylic acid groups (broad SMARTS) is 1. The molecule has 6 nitrogen and oxygen atoms in total. The first-order chi connectivity index (χ1) is 9.83. The van der Waals surface area contributed by atoms with Crippen molar-refractivity contribution in [3.8, 4) is 0 Å². The van der Waals surface area contributed by atoms with Crippen molar-refractivity contribution >= 4 is 37.8 Å². The standard InChI is InChI=1S/C13H17BrN2O4S/c1-9-5-2-3-8-16(9)21(19,20)15-12-10(13(17)18)6-4-7-11(12)14/h4,6-7,9,15H,2-3,5,8H2,1H3,(H,17,18). The number of anilines is 1. The van der Waals surface area contributed by atoms with Crippen LogP contribution in [-0.2, 0) is 10.2 Å². The maximum Gasteiger partial charge on any atom is 0.337 e. The normalized spacial score (nSPS) is 20.2. The summed E-state index contributed by atoms with van der Waals surface area (Å²) in [7, 11) is -3.77. The molecule has 1 saturated heterocycles. The molecule has 8 heteroatoms. The number of carbonyl (C=O) groups is 1. The predicted octanol–water partition coefficient (Wildman–Crippen LogP) is 2.68. The molecule has 116 valence electrons. The molecule has 1 unspecified atom stereocenters. The highest BCUT2D eigenvalue weighted by molar-refractivity contribution is 9.10. The van der Waals surface area contributed by atoms with Crippen LogP contribution in [0.25, 0.3) is 0 Å². The van der Waals surface area contributed by atoms with E-state index in [1.165, 1.54) is 10.4 Å². The van der Waals surface area contributed by atoms with Crippen molar-refractivity contribution < 1.29 is 18.3 Å². The SMILES string of the molecule is CC1CCCCN1S(=O)(=O)Nc1c(Br)cccc1C(=O)O. The third kappa shape index (κ3) is 3.56. The highest BCUT2D eigenvalue weighted by Gasteiger charge is 2.30. The van der Waals surface area contributed by atoms with Crippen molar-refractivity contribution in [2.24, 2.45) is 0 Å². The molecule has 1 aliphatic rings. The fourth-order valence-electron chi connectivity index (χ4n) is 2.42. The zero-order valence-electron chi connectivity index (χ0n) is 11.5. The Morgan fingerprint density at radius 3 is 2.76 bits per heavy atom. The second kappa shape index (κ2) is 6.33. The lowest BCUT2D eigenvalue weighted by molar-refractivity contribution is 0.0698. The van der Waals surface area contributed by atoms with Gasteiger partial charge >= 0.3 is 16.2 Å². The van der Waals surface area contributed by atoms with Crippen LogP contribution >= 0.6 is 15.9 Å². The Balaban J connectivity index is 2.35. The van der Waals surface area contributed by atoms with E-state index < -0.39 is 16.2 Å². The number of para-hydroxylation sites is 1. The van der Waals surface area contributed by atoms with Crippen LogP contribution in [-0.4, -0.2) is 36.4 Å². The molecule has 1 aromatic rings. The first-order valence-electron chi connectivity index (χ1n) is 6.64. The van der Waals surface area contributed by atoms with Gasteiger partial charge in [-0.2, -0.15) is 12.7 Å². The van der Waals surface area contributed by atoms with Crippen LogP contribution in [0, 0.1) is 0 Å². The van der Waals surface area contributed by atoms with Crippen molar-refractivity contribution in [3.05, 3.63) is 28.2 Å². The van der Waals surface area contributed by atoms with Crippen LogP contribution in [0.2, 0.25) is 0 Å². The number of hydrogen-bond donors (Lipinski definition) is 2. The smallest absolute Gasteiger partial charge is 0.337 e. The quantitative estimate of drug-likeness (QED) is 0.845. The number of hydrogen-bond acceptors (Lipinski definition) is 3. The van der Waals surface area contributed by atoms with Crippen molar-refractivity contribution in [1.82, 2.24) is 4.31 Å². The summed E-state index contributed by atoms with van der Waals surface area (Å²) in [5.74, 6) is -1.18. The summed E-state index contributed by atoms with van der Waals surface area (Å²) in [5.41, 5.74) is -0.0274. The molecular formula is C13H17BrN2O4S. The van der Waals surface area contributed by atoms with E-state index in [-0.39, 0.29) is 17.3 Å². The summed E-state index contributed by atoms with van der Waals surface area (Å²) in [6, 6.07) is 4.43. The summed E-state index contributed by atoms with van der Waals surface area (Å²) < 4.78 is 29.2. The Morgan fingerprint density at radius 1 is 1.43 bits per heavy atom. The number of carboxylic acids is 1. The first-order valence-corrected chi connectivity index (χ1v) is 8.87. The molecule has 0 aliphatic carbocycles. The van der Waals surface area contributed by atoms with Crippen LogP contribution in [0.5, 0.6) is 0 Å². The van der Waals surface area contributed by atoms with Crippen LogP contribution in [0.4, 0.5) is 5.69 Å². The van der Waals surface area contributed by atoms with Crippen molar-refractivity contribution in [2.45, 2.75) is 32.2 Å². The Labute approximate surface area is 132 Å². The lowest BCUT2D eigenvalue weighted by Crippen LogP contribution is -2.45. The minimum Gasteiger partial charge on any atom is -0.478 e. The molecule has 0 spiro atoms. The topological polar surface area (TPSA) is 86.7 Å². The van der Waals surface area contributed by atoms with E-state index in [1.54, 1.807) is 12.1 Å². The van der Waals surface area contributed by atoms with Gasteiger partial charge in [0.25, 0.3) is 0 Å². The van der Waals surface area contributed by atoms with Crippen LogP contribution in [0.15, 0.2) is 22.7 Å². The lowest BCUT2D eigenvalue weighted by Gasteiger charge is -2.32. The highest BCUT2D eigenvalue weighted by Crippen LogP contribution is 2.29. The van der Waals surface area contributed by atoms with Gasteiger partial charge in [-0.25, -0.2) is 4.79 Å². The van der Waals surface area contributed by atoms with Crippen LogP contribution < -0.4 is 4.72 Å². The summed E-state index contributed by atoms with van der Waals surface area (Å²) >= 11 is 3.20. The van der Waals surface area contributed by atoms with Gasteiger partial charge in [-0.1, -0.05) is 12.5 Å². The van der Waals surface area contributed by atoms with Gasteiger partial charge in [-0.15, -0.1) is 0 Å². The third-order valence-corrected chi connectivity index (χ3v) is 5.81. The summed E-state index contributed by atoms with van der Waals surface area (Å²) in [4.78, 5) is 11.2. The Hall–Kier alpha value is -1.12. The Bertz CT molecular complexity index is 648. The van der Waals surface area contributed by atoms with Gasteiger partial charge in [0.05, 0.1) is 11.3 Å². The number of aromatic carboxylic acids is 1. The monoisotopic (exact) mass is 376 g/mol. The number of nitrogens with zero attached hydrogens (tertiary/aromatic N) is 1.